The number of aromatic amines is 1. The first-order valence-corrected chi connectivity index (χ1v) is 6.77. The highest BCUT2D eigenvalue weighted by Gasteiger charge is 2.39. The highest BCUT2D eigenvalue weighted by atomic mass is 16.2. The number of rotatable bonds is 5. The Labute approximate surface area is 108 Å². The van der Waals surface area contributed by atoms with Gasteiger partial charge in [-0.25, -0.2) is 4.98 Å². The number of nitrogens with zero attached hydrogens (tertiary/aromatic N) is 1. The molecule has 2 rings (SSSR count). The number of amides is 1. The molecule has 0 bridgehead atoms. The van der Waals surface area contributed by atoms with Crippen LogP contribution in [0.5, 0.6) is 0 Å². The van der Waals surface area contributed by atoms with Gasteiger partial charge in [0.2, 0.25) is 5.91 Å². The molecule has 1 aromatic heterocycles. The predicted octanol–water partition coefficient (Wildman–Crippen LogP) is 1.51. The second kappa shape index (κ2) is 5.52. The van der Waals surface area contributed by atoms with Gasteiger partial charge in [0, 0.05) is 12.4 Å². The summed E-state index contributed by atoms with van der Waals surface area (Å²) in [5, 5.41) is 6.46. The van der Waals surface area contributed by atoms with Gasteiger partial charge in [0.1, 0.15) is 5.82 Å². The molecule has 18 heavy (non-hydrogen) atoms. The monoisotopic (exact) mass is 250 g/mol. The fourth-order valence-electron chi connectivity index (χ4n) is 2.59. The molecular weight excluding hydrogens is 228 g/mol. The van der Waals surface area contributed by atoms with E-state index in [1.54, 1.807) is 12.4 Å². The van der Waals surface area contributed by atoms with Crippen LogP contribution in [-0.4, -0.2) is 28.0 Å². The van der Waals surface area contributed by atoms with Crippen molar-refractivity contribution in [3.05, 3.63) is 18.2 Å². The third-order valence-corrected chi connectivity index (χ3v) is 3.84. The molecule has 1 fully saturated rings. The van der Waals surface area contributed by atoms with E-state index in [9.17, 15) is 4.79 Å². The van der Waals surface area contributed by atoms with Gasteiger partial charge in [-0.05, 0) is 32.2 Å². The van der Waals surface area contributed by atoms with Crippen LogP contribution in [0.25, 0.3) is 0 Å². The average molecular weight is 250 g/mol. The van der Waals surface area contributed by atoms with Crippen LogP contribution >= 0.6 is 0 Å². The van der Waals surface area contributed by atoms with Crippen LogP contribution in [-0.2, 0) is 4.79 Å². The number of imidazole rings is 1. The summed E-state index contributed by atoms with van der Waals surface area (Å²) in [5.74, 6) is 0.931. The van der Waals surface area contributed by atoms with Crippen LogP contribution in [0.3, 0.4) is 0 Å². The lowest BCUT2D eigenvalue weighted by Gasteiger charge is -2.28. The second-order valence-electron chi connectivity index (χ2n) is 4.87. The summed E-state index contributed by atoms with van der Waals surface area (Å²) in [6.45, 7) is 5.04. The van der Waals surface area contributed by atoms with Crippen LogP contribution in [0.2, 0.25) is 0 Å². The first kappa shape index (κ1) is 13.1. The van der Waals surface area contributed by atoms with Gasteiger partial charge in [-0.15, -0.1) is 0 Å². The van der Waals surface area contributed by atoms with Crippen LogP contribution in [0.4, 0.5) is 0 Å². The fourth-order valence-corrected chi connectivity index (χ4v) is 2.59. The maximum absolute atomic E-state index is 12.4. The molecule has 1 amide bonds. The maximum atomic E-state index is 12.4. The quantitative estimate of drug-likeness (QED) is 0.742. The van der Waals surface area contributed by atoms with Crippen LogP contribution in [0, 0.1) is 0 Å². The van der Waals surface area contributed by atoms with Crippen molar-refractivity contribution in [3.8, 4) is 0 Å². The first-order valence-electron chi connectivity index (χ1n) is 6.77. The van der Waals surface area contributed by atoms with Crippen LogP contribution in [0.15, 0.2) is 12.4 Å². The normalized spacial score (nSPS) is 25.0. The summed E-state index contributed by atoms with van der Waals surface area (Å²) in [6, 6.07) is -0.0293. The van der Waals surface area contributed by atoms with E-state index < -0.39 is 0 Å². The molecule has 1 saturated heterocycles. The van der Waals surface area contributed by atoms with Gasteiger partial charge < -0.3 is 15.6 Å². The number of H-pyrrole nitrogens is 1. The van der Waals surface area contributed by atoms with E-state index in [-0.39, 0.29) is 17.5 Å². The fraction of sp³-hybridized carbons (Fsp3) is 0.692. The molecule has 2 unspecified atom stereocenters. The van der Waals surface area contributed by atoms with Gasteiger partial charge in [-0.1, -0.05) is 13.8 Å². The zero-order valence-electron chi connectivity index (χ0n) is 11.1. The van der Waals surface area contributed by atoms with Crippen molar-refractivity contribution in [2.45, 2.75) is 51.1 Å². The molecule has 1 aliphatic heterocycles. The topological polar surface area (TPSA) is 69.8 Å². The molecule has 100 valence electrons. The molecule has 1 aromatic rings. The van der Waals surface area contributed by atoms with Crippen molar-refractivity contribution in [1.29, 1.82) is 0 Å². The molecule has 5 nitrogen and oxygen atoms in total. The smallest absolute Gasteiger partial charge is 0.240 e. The first-order chi connectivity index (χ1) is 8.72. The molecule has 1 aliphatic rings. The van der Waals surface area contributed by atoms with Gasteiger partial charge in [0.25, 0.3) is 0 Å². The third-order valence-electron chi connectivity index (χ3n) is 3.84. The second-order valence-corrected chi connectivity index (χ2v) is 4.87. The van der Waals surface area contributed by atoms with Crippen molar-refractivity contribution in [1.82, 2.24) is 20.6 Å². The van der Waals surface area contributed by atoms with E-state index in [1.165, 1.54) is 0 Å². The van der Waals surface area contributed by atoms with Gasteiger partial charge >= 0.3 is 0 Å². The summed E-state index contributed by atoms with van der Waals surface area (Å²) in [4.78, 5) is 19.7. The predicted molar refractivity (Wildman–Crippen MR) is 70.0 cm³/mol. The molecular formula is C13H22N4O. The molecule has 0 spiro atoms. The van der Waals surface area contributed by atoms with Gasteiger partial charge in [-0.2, -0.15) is 0 Å². The Morgan fingerprint density at radius 3 is 2.94 bits per heavy atom. The van der Waals surface area contributed by atoms with E-state index in [0.717, 1.165) is 38.1 Å². The highest BCUT2D eigenvalue weighted by Crippen LogP contribution is 2.24. The highest BCUT2D eigenvalue weighted by molar-refractivity contribution is 5.86. The van der Waals surface area contributed by atoms with Crippen molar-refractivity contribution < 1.29 is 4.79 Å². The lowest BCUT2D eigenvalue weighted by Crippen LogP contribution is -2.53. The molecule has 0 aromatic carbocycles. The molecule has 2 atom stereocenters. The summed E-state index contributed by atoms with van der Waals surface area (Å²) in [6.07, 6.45) is 7.15. The number of hydrogen-bond acceptors (Lipinski definition) is 3. The molecule has 5 heteroatoms. The molecule has 3 N–H and O–H groups in total. The average Bonchev–Trinajstić information content (AvgIpc) is 3.06. The molecule has 0 aliphatic carbocycles. The number of aromatic nitrogens is 2. The van der Waals surface area contributed by atoms with E-state index in [2.05, 4.69) is 27.5 Å². The molecule has 2 heterocycles. The summed E-state index contributed by atoms with van der Waals surface area (Å²) < 4.78 is 0. The number of carbonyl (C=O) groups excluding carboxylic acids is 1. The number of nitrogens with one attached hydrogen (secondary N) is 3. The Hall–Kier alpha value is -1.36. The third kappa shape index (κ3) is 2.41. The van der Waals surface area contributed by atoms with Gasteiger partial charge in [0.05, 0.1) is 11.6 Å². The Morgan fingerprint density at radius 1 is 1.61 bits per heavy atom. The zero-order chi connectivity index (χ0) is 13.0. The summed E-state index contributed by atoms with van der Waals surface area (Å²) >= 11 is 0. The number of hydrogen-bond donors (Lipinski definition) is 3. The zero-order valence-corrected chi connectivity index (χ0v) is 11.1. The molecule has 0 saturated carbocycles. The summed E-state index contributed by atoms with van der Waals surface area (Å²) in [5.41, 5.74) is -0.375. The molecule has 0 radical (unpaired) electrons. The van der Waals surface area contributed by atoms with E-state index in [1.807, 2.05) is 6.92 Å². The standard InChI is InChI=1S/C13H22N4O/c1-3-10(11-14-8-9-15-11)17-12(18)13(4-2)6-5-7-16-13/h8-10,16H,3-7H2,1-2H3,(H,14,15)(H,17,18). The van der Waals surface area contributed by atoms with Crippen LogP contribution < -0.4 is 10.6 Å². The van der Waals surface area contributed by atoms with E-state index in [4.69, 9.17) is 0 Å². The summed E-state index contributed by atoms with van der Waals surface area (Å²) in [7, 11) is 0. The lowest BCUT2D eigenvalue weighted by atomic mass is 9.92. The maximum Gasteiger partial charge on any atom is 0.240 e. The Balaban J connectivity index is 2.05. The minimum absolute atomic E-state index is 0.0293. The van der Waals surface area contributed by atoms with E-state index in [0.29, 0.717) is 0 Å². The Bertz CT molecular complexity index is 382. The number of carbonyl (C=O) groups is 1. The van der Waals surface area contributed by atoms with Crippen molar-refractivity contribution in [2.24, 2.45) is 0 Å². The largest absolute Gasteiger partial charge is 0.347 e. The van der Waals surface area contributed by atoms with Crippen molar-refractivity contribution in [2.75, 3.05) is 6.54 Å². The Morgan fingerprint density at radius 2 is 2.44 bits per heavy atom. The lowest BCUT2D eigenvalue weighted by molar-refractivity contribution is -0.128. The van der Waals surface area contributed by atoms with E-state index >= 15 is 0 Å². The van der Waals surface area contributed by atoms with Gasteiger partial charge in [-0.3, -0.25) is 4.79 Å². The van der Waals surface area contributed by atoms with Crippen molar-refractivity contribution >= 4 is 5.91 Å². The SMILES string of the molecule is CCC(NC(=O)C1(CC)CCCN1)c1ncc[nH]1. The van der Waals surface area contributed by atoms with Gasteiger partial charge in [0.15, 0.2) is 0 Å². The van der Waals surface area contributed by atoms with Crippen molar-refractivity contribution in [3.63, 3.8) is 0 Å². The minimum Gasteiger partial charge on any atom is -0.347 e. The Kier molecular flexibility index (Phi) is 4.01. The minimum atomic E-state index is -0.375. The van der Waals surface area contributed by atoms with Crippen LogP contribution in [0.1, 0.15) is 51.4 Å².